The highest BCUT2D eigenvalue weighted by atomic mass is 127. The average Bonchev–Trinajstić information content (AvgIpc) is 3.83. The predicted octanol–water partition coefficient (Wildman–Crippen LogP) is 2.07. The van der Waals surface area contributed by atoms with E-state index in [9.17, 15) is 42.3 Å². The van der Waals surface area contributed by atoms with Crippen LogP contribution in [0.5, 0.6) is 0 Å². The molecule has 3 heterocycles. The number of benzene rings is 2. The monoisotopic (exact) mass is 879 g/mol. The Morgan fingerprint density at radius 3 is 2.13 bits per heavy atom. The molecule has 5 rings (SSSR count). The minimum absolute atomic E-state index is 0.0163. The quantitative estimate of drug-likeness (QED) is 0.251. The molecule has 0 saturated carbocycles. The molecule has 296 valence electrons. The van der Waals surface area contributed by atoms with E-state index in [1.165, 1.54) is 42.5 Å². The van der Waals surface area contributed by atoms with Gasteiger partial charge < -0.3 is 40.7 Å². The largest absolute Gasteiger partial charge is 0.458 e. The Balaban J connectivity index is 1.48. The molecule has 3 saturated heterocycles. The SMILES string of the molecule is C[C@@H]1NC(=O)[C@H](C)N(C)C(=O)[C@@H]2CCCN2C(=O)[C@@H](NC(=O)[C@H](Cc2cc(F)cc(F)c2)NC(=O)Nc2ccc(I)cc2)[C@H](C)OC(=O)C2CCCN2C1=O. The van der Waals surface area contributed by atoms with E-state index in [-0.39, 0.29) is 31.5 Å². The van der Waals surface area contributed by atoms with Crippen molar-refractivity contribution in [3.05, 3.63) is 63.2 Å². The van der Waals surface area contributed by atoms with Crippen molar-refractivity contribution < 1.29 is 47.1 Å². The van der Waals surface area contributed by atoms with Gasteiger partial charge >= 0.3 is 12.0 Å². The number of carbonyl (C=O) groups is 7. The molecule has 55 heavy (non-hydrogen) atoms. The maximum absolute atomic E-state index is 14.5. The molecule has 15 nitrogen and oxygen atoms in total. The van der Waals surface area contributed by atoms with Gasteiger partial charge in [0.15, 0.2) is 0 Å². The fraction of sp³-hybridized carbons (Fsp3) is 0.486. The lowest BCUT2D eigenvalue weighted by Gasteiger charge is -2.36. The van der Waals surface area contributed by atoms with E-state index < -0.39 is 102 Å². The molecule has 0 bridgehead atoms. The summed E-state index contributed by atoms with van der Waals surface area (Å²) in [7, 11) is 1.41. The number of amides is 7. The van der Waals surface area contributed by atoms with Crippen molar-refractivity contribution in [3.63, 3.8) is 0 Å². The molecule has 2 aromatic carbocycles. The van der Waals surface area contributed by atoms with Crippen LogP contribution < -0.4 is 21.3 Å². The first-order valence-corrected chi connectivity index (χ1v) is 19.1. The Hall–Kier alpha value is -4.88. The van der Waals surface area contributed by atoms with E-state index in [0.717, 1.165) is 15.7 Å². The number of anilines is 1. The Kier molecular flexibility index (Phi) is 13.3. The van der Waals surface area contributed by atoms with E-state index in [1.54, 1.807) is 24.3 Å². The molecular weight excluding hydrogens is 835 g/mol. The van der Waals surface area contributed by atoms with Crippen LogP contribution >= 0.6 is 22.6 Å². The number of ether oxygens (including phenoxy) is 1. The molecule has 3 fully saturated rings. The highest BCUT2D eigenvalue weighted by molar-refractivity contribution is 14.1. The molecule has 0 radical (unpaired) electrons. The maximum Gasteiger partial charge on any atom is 0.329 e. The second kappa shape index (κ2) is 17.7. The van der Waals surface area contributed by atoms with Gasteiger partial charge in [-0.2, -0.15) is 0 Å². The van der Waals surface area contributed by atoms with Crippen LogP contribution in [0, 0.1) is 15.2 Å². The van der Waals surface area contributed by atoms with Crippen LogP contribution in [0.2, 0.25) is 0 Å². The first kappa shape index (κ1) is 41.3. The van der Waals surface area contributed by atoms with Gasteiger partial charge in [-0.3, -0.25) is 24.0 Å². The Morgan fingerprint density at radius 1 is 0.891 bits per heavy atom. The van der Waals surface area contributed by atoms with Crippen molar-refractivity contribution >= 4 is 69.8 Å². The number of carbonyl (C=O) groups excluding carboxylic acids is 7. The third-order valence-corrected chi connectivity index (χ3v) is 10.8. The standard InChI is InChI=1S/C37H44F2IN7O8/c1-19-33(50)47-14-6-8-29(47)36(53)55-21(3)30(35(52)46-13-5-7-28(46)34(51)45(4)20(2)31(48)41-19)44-32(49)27(17-22-15-23(38)18-24(39)16-22)43-37(54)42-26-11-9-25(40)10-12-26/h9-12,15-16,18-21,27-30H,5-8,13-14,17H2,1-4H3,(H,41,48)(H,44,49)(H2,42,43,54)/t19-,20-,21-,27-,28-,29?,30-/m0/s1. The number of nitrogens with one attached hydrogen (secondary N) is 4. The summed E-state index contributed by atoms with van der Waals surface area (Å²) < 4.78 is 35.2. The lowest BCUT2D eigenvalue weighted by Crippen LogP contribution is -2.62. The van der Waals surface area contributed by atoms with E-state index in [1.807, 2.05) is 0 Å². The van der Waals surface area contributed by atoms with Gasteiger partial charge in [0.25, 0.3) is 0 Å². The molecule has 7 amide bonds. The molecule has 0 aliphatic carbocycles. The zero-order chi connectivity index (χ0) is 40.1. The summed E-state index contributed by atoms with van der Waals surface area (Å²) in [5.74, 6) is -6.14. The van der Waals surface area contributed by atoms with Crippen LogP contribution in [-0.2, 0) is 39.9 Å². The predicted molar refractivity (Wildman–Crippen MR) is 202 cm³/mol. The van der Waals surface area contributed by atoms with Crippen LogP contribution in [0.3, 0.4) is 0 Å². The number of nitrogens with zero attached hydrogens (tertiary/aromatic N) is 3. The molecule has 3 aliphatic heterocycles. The summed E-state index contributed by atoms with van der Waals surface area (Å²) >= 11 is 2.09. The van der Waals surface area contributed by atoms with Crippen molar-refractivity contribution in [2.75, 3.05) is 25.5 Å². The van der Waals surface area contributed by atoms with Crippen molar-refractivity contribution in [2.24, 2.45) is 0 Å². The van der Waals surface area contributed by atoms with Gasteiger partial charge in [-0.25, -0.2) is 18.4 Å². The van der Waals surface area contributed by atoms with Crippen LogP contribution in [0.15, 0.2) is 42.5 Å². The average molecular weight is 880 g/mol. The number of fused-ring (bicyclic) bond motifs is 2. The normalized spacial score (nSPS) is 25.8. The van der Waals surface area contributed by atoms with Gasteiger partial charge in [-0.15, -0.1) is 0 Å². The summed E-state index contributed by atoms with van der Waals surface area (Å²) in [6, 6.07) is 1.25. The summed E-state index contributed by atoms with van der Waals surface area (Å²) in [6.45, 7) is 4.65. The van der Waals surface area contributed by atoms with Crippen LogP contribution in [-0.4, -0.2) is 119 Å². The molecule has 1 unspecified atom stereocenters. The highest BCUT2D eigenvalue weighted by Gasteiger charge is 2.45. The zero-order valence-corrected chi connectivity index (χ0v) is 32.9. The highest BCUT2D eigenvalue weighted by Crippen LogP contribution is 2.25. The van der Waals surface area contributed by atoms with Gasteiger partial charge in [0.2, 0.25) is 29.5 Å². The molecule has 2 aromatic rings. The lowest BCUT2D eigenvalue weighted by molar-refractivity contribution is -0.162. The van der Waals surface area contributed by atoms with E-state index in [2.05, 4.69) is 43.9 Å². The van der Waals surface area contributed by atoms with Crippen LogP contribution in [0.4, 0.5) is 19.3 Å². The summed E-state index contributed by atoms with van der Waals surface area (Å²) in [4.78, 5) is 99.7. The first-order valence-electron chi connectivity index (χ1n) is 18.0. The summed E-state index contributed by atoms with van der Waals surface area (Å²) in [5, 5.41) is 10.3. The summed E-state index contributed by atoms with van der Waals surface area (Å²) in [6.07, 6.45) is -0.437. The van der Waals surface area contributed by atoms with Gasteiger partial charge in [0.05, 0.1) is 0 Å². The van der Waals surface area contributed by atoms with Gasteiger partial charge in [-0.05, 0) is 111 Å². The smallest absolute Gasteiger partial charge is 0.329 e. The number of hydrogen-bond donors (Lipinski definition) is 4. The molecule has 7 atom stereocenters. The van der Waals surface area contributed by atoms with Crippen LogP contribution in [0.1, 0.15) is 52.0 Å². The fourth-order valence-electron chi connectivity index (χ4n) is 6.98. The number of likely N-dealkylation sites (N-methyl/N-ethyl adjacent to an activating group) is 1. The van der Waals surface area contributed by atoms with E-state index in [4.69, 9.17) is 4.74 Å². The Labute approximate surface area is 330 Å². The first-order chi connectivity index (χ1) is 26.0. The number of rotatable bonds is 6. The topological polar surface area (TPSA) is 187 Å². The Bertz CT molecular complexity index is 1810. The molecule has 0 aromatic heterocycles. The molecular formula is C37H44F2IN7O8. The zero-order valence-electron chi connectivity index (χ0n) is 30.8. The second-order valence-corrected chi connectivity index (χ2v) is 15.2. The molecule has 18 heteroatoms. The third-order valence-electron chi connectivity index (χ3n) is 10.1. The van der Waals surface area contributed by atoms with Crippen molar-refractivity contribution in [2.45, 2.75) is 95.2 Å². The van der Waals surface area contributed by atoms with Gasteiger partial charge in [-0.1, -0.05) is 0 Å². The van der Waals surface area contributed by atoms with Crippen molar-refractivity contribution in [1.29, 1.82) is 0 Å². The third kappa shape index (κ3) is 9.87. The number of esters is 1. The number of cyclic esters (lactones) is 1. The fourth-order valence-corrected chi connectivity index (χ4v) is 7.34. The Morgan fingerprint density at radius 2 is 1.49 bits per heavy atom. The minimum Gasteiger partial charge on any atom is -0.458 e. The molecule has 3 aliphatic rings. The lowest BCUT2D eigenvalue weighted by atomic mass is 10.0. The van der Waals surface area contributed by atoms with Gasteiger partial charge in [0.1, 0.15) is 54.0 Å². The van der Waals surface area contributed by atoms with Gasteiger partial charge in [0, 0.05) is 41.9 Å². The minimum atomic E-state index is -1.62. The number of halogens is 3. The summed E-state index contributed by atoms with van der Waals surface area (Å²) in [5.41, 5.74) is 0.403. The second-order valence-electron chi connectivity index (χ2n) is 14.0. The maximum atomic E-state index is 14.5. The molecule has 0 spiro atoms. The van der Waals surface area contributed by atoms with Crippen LogP contribution in [0.25, 0.3) is 0 Å². The number of urea groups is 1. The van der Waals surface area contributed by atoms with Crippen molar-refractivity contribution in [3.8, 4) is 0 Å². The number of hydrogen-bond acceptors (Lipinski definition) is 8. The van der Waals surface area contributed by atoms with E-state index >= 15 is 0 Å². The molecule has 4 N–H and O–H groups in total. The van der Waals surface area contributed by atoms with E-state index in [0.29, 0.717) is 24.6 Å². The van der Waals surface area contributed by atoms with Crippen molar-refractivity contribution in [1.82, 2.24) is 30.7 Å².